The maximum absolute atomic E-state index is 2.32. The third-order valence-electron chi connectivity index (χ3n) is 1.45. The van der Waals surface area contributed by atoms with E-state index in [2.05, 4.69) is 26.0 Å². The summed E-state index contributed by atoms with van der Waals surface area (Å²) in [5.41, 5.74) is 0. The SMILES string of the molecule is CC(C)[S+]1CC=CC1.[I-]. The van der Waals surface area contributed by atoms with Gasteiger partial charge in [0.1, 0.15) is 16.8 Å². The predicted octanol–water partition coefficient (Wildman–Crippen LogP) is -1.41. The molecule has 1 aliphatic heterocycles. The van der Waals surface area contributed by atoms with Crippen LogP contribution in [0.1, 0.15) is 13.8 Å². The molecule has 0 N–H and O–H groups in total. The Labute approximate surface area is 77.5 Å². The van der Waals surface area contributed by atoms with E-state index in [1.807, 2.05) is 0 Å². The Hall–Kier alpha value is 0.820. The van der Waals surface area contributed by atoms with Crippen LogP contribution in [0.5, 0.6) is 0 Å². The minimum Gasteiger partial charge on any atom is -1.00 e. The van der Waals surface area contributed by atoms with Crippen LogP contribution < -0.4 is 24.0 Å². The topological polar surface area (TPSA) is 0 Å². The van der Waals surface area contributed by atoms with Gasteiger partial charge in [-0.05, 0) is 36.9 Å². The normalized spacial score (nSPS) is 18.6. The summed E-state index contributed by atoms with van der Waals surface area (Å²) in [7, 11) is 0.710. The summed E-state index contributed by atoms with van der Waals surface area (Å²) in [6, 6.07) is 0. The minimum atomic E-state index is 0. The first-order valence-electron chi connectivity index (χ1n) is 3.12. The van der Waals surface area contributed by atoms with Crippen LogP contribution in [-0.4, -0.2) is 16.8 Å². The standard InChI is InChI=1S/C7H13S.HI/c1-7(2)8-5-3-4-6-8;/h3-4,7H,5-6H2,1-2H3;1H/q+1;/p-1. The summed E-state index contributed by atoms with van der Waals surface area (Å²) in [6.07, 6.45) is 4.62. The Morgan fingerprint density at radius 1 is 1.22 bits per heavy atom. The highest BCUT2D eigenvalue weighted by atomic mass is 127. The first-order valence-corrected chi connectivity index (χ1v) is 4.74. The molecule has 0 amide bonds. The first-order chi connectivity index (χ1) is 3.80. The summed E-state index contributed by atoms with van der Waals surface area (Å²) < 4.78 is 0. The quantitative estimate of drug-likeness (QED) is 0.307. The highest BCUT2D eigenvalue weighted by molar-refractivity contribution is 7.97. The van der Waals surface area contributed by atoms with Gasteiger partial charge >= 0.3 is 0 Å². The van der Waals surface area contributed by atoms with E-state index in [0.29, 0.717) is 10.9 Å². The Bertz CT molecular complexity index is 91.1. The molecule has 9 heavy (non-hydrogen) atoms. The third kappa shape index (κ3) is 2.94. The van der Waals surface area contributed by atoms with Gasteiger partial charge in [0.25, 0.3) is 0 Å². The molecule has 0 fully saturated rings. The van der Waals surface area contributed by atoms with Crippen molar-refractivity contribution in [1.29, 1.82) is 0 Å². The van der Waals surface area contributed by atoms with Crippen molar-refractivity contribution in [1.82, 2.24) is 0 Å². The molecule has 1 aliphatic rings. The van der Waals surface area contributed by atoms with Crippen LogP contribution in [-0.2, 0) is 10.9 Å². The smallest absolute Gasteiger partial charge is 0.127 e. The Morgan fingerprint density at radius 3 is 1.89 bits per heavy atom. The minimum absolute atomic E-state index is 0. The van der Waals surface area contributed by atoms with Gasteiger partial charge in [-0.2, -0.15) is 0 Å². The maximum Gasteiger partial charge on any atom is 0.127 e. The molecule has 0 aromatic heterocycles. The van der Waals surface area contributed by atoms with Gasteiger partial charge in [-0.25, -0.2) is 0 Å². The van der Waals surface area contributed by atoms with Crippen molar-refractivity contribution in [3.63, 3.8) is 0 Å². The zero-order valence-corrected chi connectivity index (χ0v) is 8.91. The zero-order chi connectivity index (χ0) is 5.98. The first kappa shape index (κ1) is 9.82. The molecule has 0 saturated carbocycles. The molecule has 0 saturated heterocycles. The van der Waals surface area contributed by atoms with Gasteiger partial charge in [0.05, 0.1) is 0 Å². The van der Waals surface area contributed by atoms with Gasteiger partial charge < -0.3 is 24.0 Å². The van der Waals surface area contributed by atoms with E-state index >= 15 is 0 Å². The summed E-state index contributed by atoms with van der Waals surface area (Å²) >= 11 is 0. The van der Waals surface area contributed by atoms with Crippen LogP contribution in [0, 0.1) is 0 Å². The number of hydrogen-bond donors (Lipinski definition) is 0. The molecule has 0 aromatic carbocycles. The van der Waals surface area contributed by atoms with Crippen LogP contribution in [0.2, 0.25) is 0 Å². The van der Waals surface area contributed by atoms with Gasteiger partial charge in [-0.15, -0.1) is 0 Å². The number of hydrogen-bond acceptors (Lipinski definition) is 0. The molecule has 0 bridgehead atoms. The molecule has 54 valence electrons. The van der Waals surface area contributed by atoms with Crippen molar-refractivity contribution >= 4 is 10.9 Å². The van der Waals surface area contributed by atoms with E-state index in [1.165, 1.54) is 11.5 Å². The van der Waals surface area contributed by atoms with Crippen LogP contribution in [0.3, 0.4) is 0 Å². The van der Waals surface area contributed by atoms with Crippen LogP contribution in [0.25, 0.3) is 0 Å². The monoisotopic (exact) mass is 256 g/mol. The van der Waals surface area contributed by atoms with Crippen LogP contribution in [0.15, 0.2) is 12.2 Å². The molecular weight excluding hydrogens is 243 g/mol. The van der Waals surface area contributed by atoms with Crippen molar-refractivity contribution in [2.75, 3.05) is 11.5 Å². The van der Waals surface area contributed by atoms with Crippen LogP contribution in [0.4, 0.5) is 0 Å². The second-order valence-electron chi connectivity index (χ2n) is 2.39. The van der Waals surface area contributed by atoms with E-state index in [0.717, 1.165) is 5.25 Å². The fourth-order valence-corrected chi connectivity index (χ4v) is 2.51. The molecule has 1 rings (SSSR count). The van der Waals surface area contributed by atoms with Gasteiger partial charge in [0.15, 0.2) is 0 Å². The van der Waals surface area contributed by atoms with E-state index in [4.69, 9.17) is 0 Å². The molecule has 2 heteroatoms. The van der Waals surface area contributed by atoms with Gasteiger partial charge in [-0.1, -0.05) is 0 Å². The van der Waals surface area contributed by atoms with Crippen molar-refractivity contribution in [3.05, 3.63) is 12.2 Å². The van der Waals surface area contributed by atoms with Crippen molar-refractivity contribution in [3.8, 4) is 0 Å². The summed E-state index contributed by atoms with van der Waals surface area (Å²) in [4.78, 5) is 0. The summed E-state index contributed by atoms with van der Waals surface area (Å²) in [6.45, 7) is 4.63. The van der Waals surface area contributed by atoms with Crippen molar-refractivity contribution in [2.24, 2.45) is 0 Å². The molecule has 0 unspecified atom stereocenters. The molecule has 0 aromatic rings. The number of rotatable bonds is 1. The summed E-state index contributed by atoms with van der Waals surface area (Å²) in [5, 5.41) is 0.907. The molecule has 0 aliphatic carbocycles. The van der Waals surface area contributed by atoms with Gasteiger partial charge in [-0.3, -0.25) is 0 Å². The highest BCUT2D eigenvalue weighted by Gasteiger charge is 2.22. The second-order valence-corrected chi connectivity index (χ2v) is 5.08. The Kier molecular flexibility index (Phi) is 5.03. The Morgan fingerprint density at radius 2 is 1.67 bits per heavy atom. The molecule has 1 heterocycles. The predicted molar refractivity (Wildman–Crippen MR) is 41.4 cm³/mol. The highest BCUT2D eigenvalue weighted by Crippen LogP contribution is 2.11. The zero-order valence-electron chi connectivity index (χ0n) is 5.93. The average Bonchev–Trinajstić information content (AvgIpc) is 2.12. The fourth-order valence-electron chi connectivity index (χ4n) is 0.836. The van der Waals surface area contributed by atoms with E-state index in [9.17, 15) is 0 Å². The lowest BCUT2D eigenvalue weighted by Gasteiger charge is -2.02. The van der Waals surface area contributed by atoms with Crippen molar-refractivity contribution < 1.29 is 24.0 Å². The molecular formula is C7H13IS. The van der Waals surface area contributed by atoms with Gasteiger partial charge in [0, 0.05) is 0 Å². The third-order valence-corrected chi connectivity index (χ3v) is 4.03. The largest absolute Gasteiger partial charge is 1.00 e. The second kappa shape index (κ2) is 4.61. The molecule has 0 spiro atoms. The molecule has 0 atom stereocenters. The molecule has 0 radical (unpaired) electrons. The Balaban J connectivity index is 0.000000640. The fraction of sp³-hybridized carbons (Fsp3) is 0.714. The molecule has 0 nitrogen and oxygen atoms in total. The summed E-state index contributed by atoms with van der Waals surface area (Å²) in [5.74, 6) is 2.69. The van der Waals surface area contributed by atoms with Crippen molar-refractivity contribution in [2.45, 2.75) is 19.1 Å². The van der Waals surface area contributed by atoms with E-state index in [-0.39, 0.29) is 24.0 Å². The van der Waals surface area contributed by atoms with E-state index in [1.54, 1.807) is 0 Å². The lowest BCUT2D eigenvalue weighted by molar-refractivity contribution is -0.00000177. The van der Waals surface area contributed by atoms with E-state index < -0.39 is 0 Å². The van der Waals surface area contributed by atoms with Gasteiger partial charge in [0.2, 0.25) is 0 Å². The number of halogens is 1. The lowest BCUT2D eigenvalue weighted by atomic mass is 10.6. The van der Waals surface area contributed by atoms with Crippen LogP contribution >= 0.6 is 0 Å². The average molecular weight is 256 g/mol. The lowest BCUT2D eigenvalue weighted by Crippen LogP contribution is -3.00. The maximum atomic E-state index is 2.32.